The number of rotatable bonds is 7. The standard InChI is InChI=1S/C37H33F2N3/c1-35(2,28-22-23-29(38)27(24-40)34(28)39)30-18-12-19-31(41-30)36(3,4)32-20-13-21-33(42-32)37(5,25-14-8-6-9-15-25)26-16-10-7-11-17-26/h6-23H,1-5H3. The maximum Gasteiger partial charge on any atom is 0.148 e. The van der Waals surface area contributed by atoms with Crippen molar-refractivity contribution in [3.05, 3.63) is 166 Å². The van der Waals surface area contributed by atoms with Crippen molar-refractivity contribution in [2.45, 2.75) is 50.9 Å². The molecule has 5 aromatic rings. The molecule has 3 aromatic carbocycles. The first-order valence-corrected chi connectivity index (χ1v) is 14.0. The molecule has 0 spiro atoms. The summed E-state index contributed by atoms with van der Waals surface area (Å²) < 4.78 is 29.3. The van der Waals surface area contributed by atoms with E-state index in [1.54, 1.807) is 6.07 Å². The highest BCUT2D eigenvalue weighted by molar-refractivity contribution is 5.48. The molecule has 0 bridgehead atoms. The van der Waals surface area contributed by atoms with Gasteiger partial charge in [0.15, 0.2) is 0 Å². The Hall–Kier alpha value is -4.69. The maximum atomic E-state index is 15.3. The molecule has 2 aromatic heterocycles. The molecule has 0 amide bonds. The lowest BCUT2D eigenvalue weighted by molar-refractivity contribution is 0.513. The summed E-state index contributed by atoms with van der Waals surface area (Å²) in [6, 6.07) is 36.7. The number of halogens is 2. The van der Waals surface area contributed by atoms with Gasteiger partial charge in [-0.2, -0.15) is 5.26 Å². The molecule has 5 heteroatoms. The summed E-state index contributed by atoms with van der Waals surface area (Å²) >= 11 is 0. The van der Waals surface area contributed by atoms with Crippen molar-refractivity contribution in [1.29, 1.82) is 5.26 Å². The van der Waals surface area contributed by atoms with Crippen LogP contribution in [0.25, 0.3) is 0 Å². The summed E-state index contributed by atoms with van der Waals surface area (Å²) in [5.74, 6) is -1.73. The molecule has 3 nitrogen and oxygen atoms in total. The van der Waals surface area contributed by atoms with Crippen LogP contribution in [0.1, 0.15) is 79.6 Å². The minimum Gasteiger partial charge on any atom is -0.256 e. The zero-order valence-electron chi connectivity index (χ0n) is 24.5. The predicted octanol–water partition coefficient (Wildman–Crippen LogP) is 8.63. The Morgan fingerprint density at radius 2 is 1.00 bits per heavy atom. The smallest absolute Gasteiger partial charge is 0.148 e. The van der Waals surface area contributed by atoms with Gasteiger partial charge in [0.05, 0.1) is 28.2 Å². The molecule has 0 saturated carbocycles. The Labute approximate surface area is 246 Å². The molecular weight excluding hydrogens is 524 g/mol. The van der Waals surface area contributed by atoms with Crippen molar-refractivity contribution in [2.75, 3.05) is 0 Å². The van der Waals surface area contributed by atoms with Crippen molar-refractivity contribution in [2.24, 2.45) is 0 Å². The third-order valence-corrected chi connectivity index (χ3v) is 8.51. The second-order valence-electron chi connectivity index (χ2n) is 11.8. The van der Waals surface area contributed by atoms with Crippen molar-refractivity contribution < 1.29 is 8.78 Å². The Morgan fingerprint density at radius 3 is 1.50 bits per heavy atom. The van der Waals surface area contributed by atoms with Crippen LogP contribution in [0.5, 0.6) is 0 Å². The van der Waals surface area contributed by atoms with Crippen LogP contribution in [0.15, 0.2) is 109 Å². The van der Waals surface area contributed by atoms with Gasteiger partial charge in [-0.15, -0.1) is 0 Å². The molecule has 0 aliphatic rings. The fourth-order valence-corrected chi connectivity index (χ4v) is 5.60. The third-order valence-electron chi connectivity index (χ3n) is 8.51. The zero-order valence-corrected chi connectivity index (χ0v) is 24.5. The summed E-state index contributed by atoms with van der Waals surface area (Å²) in [5, 5.41) is 9.31. The summed E-state index contributed by atoms with van der Waals surface area (Å²) in [4.78, 5) is 10.3. The van der Waals surface area contributed by atoms with E-state index in [2.05, 4.69) is 51.1 Å². The second-order valence-corrected chi connectivity index (χ2v) is 11.8. The van der Waals surface area contributed by atoms with Gasteiger partial charge in [0.2, 0.25) is 0 Å². The summed E-state index contributed by atoms with van der Waals surface area (Å²) in [6.07, 6.45) is 0. The van der Waals surface area contributed by atoms with Gasteiger partial charge in [-0.05, 0) is 62.2 Å². The minimum absolute atomic E-state index is 0.213. The van der Waals surface area contributed by atoms with Crippen LogP contribution in [0, 0.1) is 23.0 Å². The van der Waals surface area contributed by atoms with Crippen molar-refractivity contribution in [3.63, 3.8) is 0 Å². The maximum absolute atomic E-state index is 15.3. The zero-order chi connectivity index (χ0) is 30.1. The van der Waals surface area contributed by atoms with Crippen molar-refractivity contribution >= 4 is 0 Å². The molecule has 0 unspecified atom stereocenters. The second kappa shape index (κ2) is 10.9. The minimum atomic E-state index is -0.927. The SMILES string of the molecule is CC(C)(c1cccc(C(C)(C)c2ccc(F)c(C#N)c2F)n1)c1cccc(C(C)(c2ccccc2)c2ccccc2)n1. The molecule has 5 rings (SSSR count). The number of aromatic nitrogens is 2. The highest BCUT2D eigenvalue weighted by Gasteiger charge is 2.36. The number of benzene rings is 3. The van der Waals surface area contributed by atoms with E-state index in [0.29, 0.717) is 5.69 Å². The molecule has 42 heavy (non-hydrogen) atoms. The monoisotopic (exact) mass is 557 g/mol. The first-order valence-electron chi connectivity index (χ1n) is 14.0. The summed E-state index contributed by atoms with van der Waals surface area (Å²) in [6.45, 7) is 10.0. The van der Waals surface area contributed by atoms with E-state index in [0.717, 1.165) is 34.3 Å². The van der Waals surface area contributed by atoms with Gasteiger partial charge in [-0.1, -0.05) is 92.7 Å². The molecule has 0 aliphatic carbocycles. The lowest BCUT2D eigenvalue weighted by atomic mass is 9.73. The lowest BCUT2D eigenvalue weighted by Gasteiger charge is -2.33. The fourth-order valence-electron chi connectivity index (χ4n) is 5.60. The normalized spacial score (nSPS) is 12.1. The largest absolute Gasteiger partial charge is 0.256 e. The average molecular weight is 558 g/mol. The lowest BCUT2D eigenvalue weighted by Crippen LogP contribution is -2.30. The molecule has 0 saturated heterocycles. The summed E-state index contributed by atoms with van der Waals surface area (Å²) in [5.41, 5.74) is 3.02. The molecule has 0 atom stereocenters. The van der Waals surface area contributed by atoms with Gasteiger partial charge in [-0.3, -0.25) is 9.97 Å². The Kier molecular flexibility index (Phi) is 7.51. The molecule has 210 valence electrons. The van der Waals surface area contributed by atoms with E-state index in [4.69, 9.17) is 9.97 Å². The van der Waals surface area contributed by atoms with Gasteiger partial charge >= 0.3 is 0 Å². The van der Waals surface area contributed by atoms with Crippen LogP contribution in [0.3, 0.4) is 0 Å². The first kappa shape index (κ1) is 28.8. The number of nitrogens with zero attached hydrogens (tertiary/aromatic N) is 3. The first-order chi connectivity index (χ1) is 20.0. The van der Waals surface area contributed by atoms with Crippen LogP contribution in [0.2, 0.25) is 0 Å². The Balaban J connectivity index is 1.60. The molecule has 0 radical (unpaired) electrons. The van der Waals surface area contributed by atoms with Crippen molar-refractivity contribution in [1.82, 2.24) is 9.97 Å². The van der Waals surface area contributed by atoms with Gasteiger partial charge in [0, 0.05) is 16.4 Å². The van der Waals surface area contributed by atoms with Gasteiger partial charge in [0.1, 0.15) is 23.3 Å². The van der Waals surface area contributed by atoms with Crippen LogP contribution < -0.4 is 0 Å². The van der Waals surface area contributed by atoms with E-state index in [9.17, 15) is 9.65 Å². The summed E-state index contributed by atoms with van der Waals surface area (Å²) in [7, 11) is 0. The topological polar surface area (TPSA) is 49.6 Å². The third kappa shape index (κ3) is 4.88. The fraction of sp³-hybridized carbons (Fsp3) is 0.216. The number of hydrogen-bond donors (Lipinski definition) is 0. The van der Waals surface area contributed by atoms with Gasteiger partial charge in [-0.25, -0.2) is 8.78 Å². The predicted molar refractivity (Wildman–Crippen MR) is 162 cm³/mol. The van der Waals surface area contributed by atoms with Crippen LogP contribution in [0.4, 0.5) is 8.78 Å². The van der Waals surface area contributed by atoms with Crippen LogP contribution in [-0.4, -0.2) is 9.97 Å². The molecule has 2 heterocycles. The molecule has 0 aliphatic heterocycles. The van der Waals surface area contributed by atoms with Crippen LogP contribution in [-0.2, 0) is 16.2 Å². The van der Waals surface area contributed by atoms with E-state index >= 15 is 4.39 Å². The van der Waals surface area contributed by atoms with E-state index in [1.807, 2.05) is 80.6 Å². The number of pyridine rings is 2. The van der Waals surface area contributed by atoms with Crippen LogP contribution >= 0.6 is 0 Å². The number of nitriles is 1. The average Bonchev–Trinajstić information content (AvgIpc) is 3.01. The van der Waals surface area contributed by atoms with E-state index < -0.39 is 33.4 Å². The van der Waals surface area contributed by atoms with Gasteiger partial charge < -0.3 is 0 Å². The Morgan fingerprint density at radius 1 is 0.548 bits per heavy atom. The van der Waals surface area contributed by atoms with E-state index in [-0.39, 0.29) is 5.56 Å². The van der Waals surface area contributed by atoms with Crippen molar-refractivity contribution in [3.8, 4) is 6.07 Å². The quantitative estimate of drug-likeness (QED) is 0.201. The highest BCUT2D eigenvalue weighted by atomic mass is 19.1. The van der Waals surface area contributed by atoms with Gasteiger partial charge in [0.25, 0.3) is 0 Å². The molecule has 0 N–H and O–H groups in total. The number of hydrogen-bond acceptors (Lipinski definition) is 3. The van der Waals surface area contributed by atoms with E-state index in [1.165, 1.54) is 6.07 Å². The Bertz CT molecular complexity index is 1730. The molecular formula is C37H33F2N3. The molecule has 0 fully saturated rings. The highest BCUT2D eigenvalue weighted by Crippen LogP contribution is 2.40.